The summed E-state index contributed by atoms with van der Waals surface area (Å²) in [6, 6.07) is 12.7. The first-order chi connectivity index (χ1) is 13.0. The van der Waals surface area contributed by atoms with E-state index in [1.807, 2.05) is 0 Å². The highest BCUT2D eigenvalue weighted by molar-refractivity contribution is 5.99. The summed E-state index contributed by atoms with van der Waals surface area (Å²) >= 11 is 0. The zero-order valence-electron chi connectivity index (χ0n) is 15.2. The molecular weight excluding hydrogens is 385 g/mol. The van der Waals surface area contributed by atoms with Crippen molar-refractivity contribution in [2.75, 3.05) is 18.5 Å². The monoisotopic (exact) mass is 407 g/mol. The molecule has 8 heteroatoms. The fourth-order valence-electron chi connectivity index (χ4n) is 2.84. The number of ether oxygens (including phenoxy) is 1. The van der Waals surface area contributed by atoms with Crippen molar-refractivity contribution >= 4 is 29.9 Å². The first-order valence-corrected chi connectivity index (χ1v) is 8.78. The minimum Gasteiger partial charge on any atom is -0.381 e. The van der Waals surface area contributed by atoms with Crippen LogP contribution in [0.25, 0.3) is 0 Å². The number of anilines is 1. The Balaban J connectivity index is 0.00000280. The lowest BCUT2D eigenvalue weighted by Crippen LogP contribution is -2.54. The first-order valence-electron chi connectivity index (χ1n) is 8.78. The molecule has 0 unspecified atom stereocenters. The average Bonchev–Trinajstić information content (AvgIpc) is 2.68. The highest BCUT2D eigenvalue weighted by Gasteiger charge is 2.35. The number of nitrogens with two attached hydrogens (primary N) is 1. The predicted molar refractivity (Wildman–Crippen MR) is 107 cm³/mol. The third kappa shape index (κ3) is 5.28. The predicted octanol–water partition coefficient (Wildman–Crippen LogP) is 2.62. The number of hydrogen-bond donors (Lipinski definition) is 3. The molecule has 2 aromatic rings. The maximum absolute atomic E-state index is 13.6. The molecule has 4 N–H and O–H groups in total. The SMILES string of the molecule is Cl.NC1(C(=O)Nc2ccc(C(=O)NCc3ccccc3F)cc2)CCOCC1. The summed E-state index contributed by atoms with van der Waals surface area (Å²) < 4.78 is 18.8. The molecule has 1 aliphatic heterocycles. The molecule has 0 spiro atoms. The molecule has 150 valence electrons. The number of nitrogens with one attached hydrogen (secondary N) is 2. The van der Waals surface area contributed by atoms with Crippen molar-refractivity contribution in [1.82, 2.24) is 5.32 Å². The normalized spacial score (nSPS) is 15.2. The van der Waals surface area contributed by atoms with Gasteiger partial charge in [0.05, 0.1) is 0 Å². The molecule has 2 amide bonds. The highest BCUT2D eigenvalue weighted by atomic mass is 35.5. The molecule has 6 nitrogen and oxygen atoms in total. The van der Waals surface area contributed by atoms with Gasteiger partial charge in [0.1, 0.15) is 11.4 Å². The van der Waals surface area contributed by atoms with Gasteiger partial charge in [-0.2, -0.15) is 0 Å². The minimum absolute atomic E-state index is 0. The van der Waals surface area contributed by atoms with Crippen molar-refractivity contribution < 1.29 is 18.7 Å². The van der Waals surface area contributed by atoms with Gasteiger partial charge in [-0.25, -0.2) is 4.39 Å². The van der Waals surface area contributed by atoms with E-state index >= 15 is 0 Å². The van der Waals surface area contributed by atoms with Crippen LogP contribution in [0.5, 0.6) is 0 Å². The Bertz CT molecular complexity index is 824. The van der Waals surface area contributed by atoms with E-state index in [-0.39, 0.29) is 36.6 Å². The molecule has 0 atom stereocenters. The summed E-state index contributed by atoms with van der Waals surface area (Å²) in [5.74, 6) is -0.946. The lowest BCUT2D eigenvalue weighted by atomic mass is 9.90. The number of benzene rings is 2. The molecule has 28 heavy (non-hydrogen) atoms. The second-order valence-electron chi connectivity index (χ2n) is 6.57. The zero-order valence-corrected chi connectivity index (χ0v) is 16.1. The smallest absolute Gasteiger partial charge is 0.251 e. The Kier molecular flexibility index (Phi) is 7.51. The van der Waals surface area contributed by atoms with Crippen molar-refractivity contribution in [3.05, 3.63) is 65.5 Å². The molecule has 0 bridgehead atoms. The second kappa shape index (κ2) is 9.64. The van der Waals surface area contributed by atoms with Crippen LogP contribution in [0.2, 0.25) is 0 Å². The van der Waals surface area contributed by atoms with Crippen LogP contribution in [0.4, 0.5) is 10.1 Å². The van der Waals surface area contributed by atoms with Crippen LogP contribution in [-0.4, -0.2) is 30.6 Å². The second-order valence-corrected chi connectivity index (χ2v) is 6.57. The molecule has 3 rings (SSSR count). The van der Waals surface area contributed by atoms with Gasteiger partial charge < -0.3 is 21.1 Å². The van der Waals surface area contributed by atoms with Gasteiger partial charge in [0, 0.05) is 36.6 Å². The van der Waals surface area contributed by atoms with E-state index in [1.165, 1.54) is 6.07 Å². The molecule has 2 aromatic carbocycles. The van der Waals surface area contributed by atoms with Crippen LogP contribution in [0.15, 0.2) is 48.5 Å². The van der Waals surface area contributed by atoms with Gasteiger partial charge in [-0.15, -0.1) is 12.4 Å². The number of carbonyl (C=O) groups is 2. The van der Waals surface area contributed by atoms with Crippen LogP contribution < -0.4 is 16.4 Å². The van der Waals surface area contributed by atoms with E-state index in [0.29, 0.717) is 42.9 Å². The van der Waals surface area contributed by atoms with E-state index in [4.69, 9.17) is 10.5 Å². The molecule has 0 radical (unpaired) electrons. The average molecular weight is 408 g/mol. The summed E-state index contributed by atoms with van der Waals surface area (Å²) in [5.41, 5.74) is 6.60. The first kappa shape index (κ1) is 21.8. The third-order valence-electron chi connectivity index (χ3n) is 4.64. The van der Waals surface area contributed by atoms with Crippen LogP contribution in [0, 0.1) is 5.82 Å². The maximum Gasteiger partial charge on any atom is 0.251 e. The van der Waals surface area contributed by atoms with Gasteiger partial charge in [0.2, 0.25) is 5.91 Å². The fraction of sp³-hybridized carbons (Fsp3) is 0.300. The van der Waals surface area contributed by atoms with Crippen molar-refractivity contribution in [1.29, 1.82) is 0 Å². The van der Waals surface area contributed by atoms with Crippen LogP contribution in [0.1, 0.15) is 28.8 Å². The maximum atomic E-state index is 13.6. The molecular formula is C20H23ClFN3O3. The van der Waals surface area contributed by atoms with Crippen molar-refractivity contribution in [2.24, 2.45) is 5.73 Å². The van der Waals surface area contributed by atoms with E-state index in [9.17, 15) is 14.0 Å². The Morgan fingerprint density at radius 2 is 1.71 bits per heavy atom. The van der Waals surface area contributed by atoms with Crippen LogP contribution in [-0.2, 0) is 16.1 Å². The van der Waals surface area contributed by atoms with Gasteiger partial charge in [0.15, 0.2) is 0 Å². The molecule has 1 saturated heterocycles. The lowest BCUT2D eigenvalue weighted by molar-refractivity contribution is -0.124. The summed E-state index contributed by atoms with van der Waals surface area (Å²) in [5, 5.41) is 5.46. The molecule has 1 aliphatic rings. The molecule has 0 saturated carbocycles. The van der Waals surface area contributed by atoms with E-state index in [0.717, 1.165) is 0 Å². The van der Waals surface area contributed by atoms with E-state index in [2.05, 4.69) is 10.6 Å². The summed E-state index contributed by atoms with van der Waals surface area (Å²) in [7, 11) is 0. The minimum atomic E-state index is -0.936. The Morgan fingerprint density at radius 3 is 2.36 bits per heavy atom. The summed E-state index contributed by atoms with van der Waals surface area (Å²) in [4.78, 5) is 24.6. The fourth-order valence-corrected chi connectivity index (χ4v) is 2.84. The molecule has 0 aliphatic carbocycles. The van der Waals surface area contributed by atoms with Crippen LogP contribution >= 0.6 is 12.4 Å². The van der Waals surface area contributed by atoms with Gasteiger partial charge in [-0.3, -0.25) is 9.59 Å². The van der Waals surface area contributed by atoms with Gasteiger partial charge in [-0.1, -0.05) is 18.2 Å². The van der Waals surface area contributed by atoms with Gasteiger partial charge in [0.25, 0.3) is 5.91 Å². The van der Waals surface area contributed by atoms with Crippen molar-refractivity contribution in [3.63, 3.8) is 0 Å². The number of hydrogen-bond acceptors (Lipinski definition) is 4. The third-order valence-corrected chi connectivity index (χ3v) is 4.64. The highest BCUT2D eigenvalue weighted by Crippen LogP contribution is 2.20. The van der Waals surface area contributed by atoms with Gasteiger partial charge >= 0.3 is 0 Å². The Hall–Kier alpha value is -2.48. The summed E-state index contributed by atoms with van der Waals surface area (Å²) in [6.07, 6.45) is 0.935. The number of carbonyl (C=O) groups excluding carboxylic acids is 2. The summed E-state index contributed by atoms with van der Waals surface area (Å²) in [6.45, 7) is 1.03. The molecule has 1 fully saturated rings. The van der Waals surface area contributed by atoms with Crippen molar-refractivity contribution in [3.8, 4) is 0 Å². The lowest BCUT2D eigenvalue weighted by Gasteiger charge is -2.31. The Morgan fingerprint density at radius 1 is 1.07 bits per heavy atom. The van der Waals surface area contributed by atoms with E-state index < -0.39 is 5.54 Å². The number of rotatable bonds is 5. The van der Waals surface area contributed by atoms with E-state index in [1.54, 1.807) is 42.5 Å². The quantitative estimate of drug-likeness (QED) is 0.710. The topological polar surface area (TPSA) is 93.5 Å². The largest absolute Gasteiger partial charge is 0.381 e. The van der Waals surface area contributed by atoms with Crippen molar-refractivity contribution in [2.45, 2.75) is 24.9 Å². The van der Waals surface area contributed by atoms with Crippen LogP contribution in [0.3, 0.4) is 0 Å². The standard InChI is InChI=1S/C20H22FN3O3.ClH/c21-17-4-2-1-3-15(17)13-23-18(25)14-5-7-16(8-6-14)24-19(26)20(22)9-11-27-12-10-20;/h1-8H,9-13,22H2,(H,23,25)(H,24,26);1H. The number of amides is 2. The molecule has 1 heterocycles. The number of halogens is 2. The van der Waals surface area contributed by atoms with Gasteiger partial charge in [-0.05, 0) is 43.2 Å². The molecule has 0 aromatic heterocycles. The zero-order chi connectivity index (χ0) is 19.3. The Labute approximate surface area is 169 Å².